The van der Waals surface area contributed by atoms with Crippen LogP contribution in [0.4, 0.5) is 11.4 Å². The molecule has 5 atom stereocenters. The van der Waals surface area contributed by atoms with E-state index in [4.69, 9.17) is 9.47 Å². The summed E-state index contributed by atoms with van der Waals surface area (Å²) in [5.41, 5.74) is 1.31. The molecule has 1 N–H and O–H groups in total. The number of fused-ring (bicyclic) bond motifs is 1. The van der Waals surface area contributed by atoms with Gasteiger partial charge in [-0.2, -0.15) is 0 Å². The van der Waals surface area contributed by atoms with Crippen LogP contribution in [0.25, 0.3) is 0 Å². The van der Waals surface area contributed by atoms with Crippen LogP contribution in [-0.2, 0) is 19.1 Å². The Kier molecular flexibility index (Phi) is 10.8. The van der Waals surface area contributed by atoms with E-state index >= 15 is 4.79 Å². The Morgan fingerprint density at radius 1 is 0.979 bits per heavy atom. The predicted molar refractivity (Wildman–Crippen MR) is 188 cm³/mol. The molecule has 2 bridgehead atoms. The second-order valence-corrected chi connectivity index (χ2v) is 13.5. The number of aliphatic hydroxyl groups excluding tert-OH is 1. The second-order valence-electron chi connectivity index (χ2n) is 13.5. The number of aliphatic hydroxyl groups is 1. The highest BCUT2D eigenvalue weighted by molar-refractivity contribution is 6.07. The van der Waals surface area contributed by atoms with E-state index < -0.39 is 29.1 Å². The molecule has 3 heterocycles. The quantitative estimate of drug-likeness (QED) is 0.182. The molecule has 1 spiro atoms. The molecule has 2 unspecified atom stereocenters. The van der Waals surface area contributed by atoms with Crippen molar-refractivity contribution in [1.29, 1.82) is 0 Å². The molecule has 0 saturated carbocycles. The molecule has 0 aromatic heterocycles. The first kappa shape index (κ1) is 35.4. The fourth-order valence-corrected chi connectivity index (χ4v) is 8.38. The Bertz CT molecular complexity index is 1500. The number of unbranched alkanes of at least 4 members (excludes halogenated alkanes) is 3. The SMILES string of the molecule is C=CCN(C(=O)[C@@H]1[C@H]2C(=O)N(CCCCCCO)C(C(=O)N(CC=C)c3c(C)cccc3C)C23CC[C@@]1(C)O3)c1ccc(OCC)cc1. The minimum absolute atomic E-state index is 0.118. The number of nitrogens with zero attached hydrogens (tertiary/aromatic N) is 3. The maximum Gasteiger partial charge on any atom is 0.253 e. The van der Waals surface area contributed by atoms with Gasteiger partial charge in [-0.25, -0.2) is 0 Å². The van der Waals surface area contributed by atoms with E-state index in [1.54, 1.807) is 26.9 Å². The van der Waals surface area contributed by atoms with E-state index in [9.17, 15) is 14.7 Å². The Hall–Kier alpha value is -3.95. The zero-order chi connectivity index (χ0) is 34.6. The highest BCUT2D eigenvalue weighted by Gasteiger charge is 2.78. The van der Waals surface area contributed by atoms with Crippen molar-refractivity contribution in [2.75, 3.05) is 42.6 Å². The number of ether oxygens (including phenoxy) is 2. The molecule has 48 heavy (non-hydrogen) atoms. The summed E-state index contributed by atoms with van der Waals surface area (Å²) in [5, 5.41) is 9.30. The zero-order valence-electron chi connectivity index (χ0n) is 29.0. The number of carbonyl (C=O) groups excluding carboxylic acids is 3. The molecule has 3 amide bonds. The van der Waals surface area contributed by atoms with Gasteiger partial charge in [0.1, 0.15) is 17.4 Å². The van der Waals surface area contributed by atoms with Gasteiger partial charge in [-0.1, -0.05) is 43.2 Å². The van der Waals surface area contributed by atoms with Crippen LogP contribution < -0.4 is 14.5 Å². The van der Waals surface area contributed by atoms with Crippen molar-refractivity contribution >= 4 is 29.1 Å². The molecule has 9 nitrogen and oxygen atoms in total. The van der Waals surface area contributed by atoms with E-state index in [1.807, 2.05) is 70.2 Å². The van der Waals surface area contributed by atoms with Crippen molar-refractivity contribution in [2.24, 2.45) is 11.8 Å². The predicted octanol–water partition coefficient (Wildman–Crippen LogP) is 5.76. The van der Waals surface area contributed by atoms with Crippen molar-refractivity contribution in [3.05, 3.63) is 78.9 Å². The highest BCUT2D eigenvalue weighted by Crippen LogP contribution is 2.63. The van der Waals surface area contributed by atoms with Gasteiger partial charge in [0, 0.05) is 37.6 Å². The molecule has 5 rings (SSSR count). The van der Waals surface area contributed by atoms with Crippen molar-refractivity contribution in [3.63, 3.8) is 0 Å². The van der Waals surface area contributed by atoms with Gasteiger partial charge in [-0.05, 0) is 88.8 Å². The number of hydrogen-bond acceptors (Lipinski definition) is 6. The molecule has 3 fully saturated rings. The van der Waals surface area contributed by atoms with Crippen LogP contribution in [0.15, 0.2) is 67.8 Å². The molecule has 3 saturated heterocycles. The minimum Gasteiger partial charge on any atom is -0.494 e. The van der Waals surface area contributed by atoms with E-state index in [-0.39, 0.29) is 37.4 Å². The average molecular weight is 658 g/mol. The number of aryl methyl sites for hydroxylation is 2. The lowest BCUT2D eigenvalue weighted by Crippen LogP contribution is -2.57. The molecule has 2 aromatic rings. The molecule has 9 heteroatoms. The number of rotatable bonds is 16. The van der Waals surface area contributed by atoms with Crippen LogP contribution in [0.2, 0.25) is 0 Å². The van der Waals surface area contributed by atoms with Crippen molar-refractivity contribution in [3.8, 4) is 5.75 Å². The van der Waals surface area contributed by atoms with E-state index in [0.717, 1.165) is 29.7 Å². The Labute approximate surface area is 285 Å². The summed E-state index contributed by atoms with van der Waals surface area (Å²) in [7, 11) is 0. The highest BCUT2D eigenvalue weighted by atomic mass is 16.5. The van der Waals surface area contributed by atoms with Gasteiger partial charge in [0.15, 0.2) is 0 Å². The zero-order valence-corrected chi connectivity index (χ0v) is 29.0. The molecule has 3 aliphatic rings. The first-order chi connectivity index (χ1) is 23.1. The summed E-state index contributed by atoms with van der Waals surface area (Å²) in [6, 6.07) is 12.4. The average Bonchev–Trinajstić information content (AvgIpc) is 3.63. The lowest BCUT2D eigenvalue weighted by molar-refractivity contribution is -0.144. The maximum absolute atomic E-state index is 15.0. The summed E-state index contributed by atoms with van der Waals surface area (Å²) >= 11 is 0. The second kappa shape index (κ2) is 14.7. The van der Waals surface area contributed by atoms with Gasteiger partial charge in [0.25, 0.3) is 5.91 Å². The largest absolute Gasteiger partial charge is 0.494 e. The number of anilines is 2. The number of para-hydroxylation sites is 1. The van der Waals surface area contributed by atoms with Crippen molar-refractivity contribution < 1.29 is 29.0 Å². The van der Waals surface area contributed by atoms with Crippen LogP contribution in [0.5, 0.6) is 5.75 Å². The maximum atomic E-state index is 15.0. The van der Waals surface area contributed by atoms with Gasteiger partial charge in [-0.3, -0.25) is 14.4 Å². The summed E-state index contributed by atoms with van der Waals surface area (Å²) < 4.78 is 12.6. The van der Waals surface area contributed by atoms with Gasteiger partial charge in [0.05, 0.1) is 24.0 Å². The number of carbonyl (C=O) groups is 3. The van der Waals surface area contributed by atoms with Crippen LogP contribution >= 0.6 is 0 Å². The third kappa shape index (κ3) is 6.18. The van der Waals surface area contributed by atoms with Gasteiger partial charge in [0.2, 0.25) is 11.8 Å². The summed E-state index contributed by atoms with van der Waals surface area (Å²) in [4.78, 5) is 49.6. The standard InChI is InChI=1S/C39H51N3O6/c1-7-23-40(29-17-19-30(20-18-29)47-9-3)35(44)31-32-36(45)42(25-12-10-11-13-26-43)34(39(32)22-21-38(31,6)48-39)37(46)41(24-8-2)33-27(4)15-14-16-28(33)5/h7-8,14-20,31-32,34,43H,1-2,9-13,21-26H2,3-6H3/t31-,32-,34?,38+,39?/m0/s1. The van der Waals surface area contributed by atoms with Crippen molar-refractivity contribution in [1.82, 2.24) is 4.90 Å². The molecule has 2 aromatic carbocycles. The summed E-state index contributed by atoms with van der Waals surface area (Å²) in [6.07, 6.45) is 7.43. The first-order valence-corrected chi connectivity index (χ1v) is 17.3. The number of hydrogen-bond donors (Lipinski definition) is 1. The van der Waals surface area contributed by atoms with E-state index in [0.29, 0.717) is 50.3 Å². The molecular weight excluding hydrogens is 606 g/mol. The minimum atomic E-state index is -1.15. The Morgan fingerprint density at radius 2 is 1.62 bits per heavy atom. The lowest BCUT2D eigenvalue weighted by atomic mass is 9.66. The Balaban J connectivity index is 1.56. The van der Waals surface area contributed by atoms with Crippen LogP contribution in [-0.4, -0.2) is 77.8 Å². The summed E-state index contributed by atoms with van der Waals surface area (Å²) in [6.45, 7) is 17.2. The van der Waals surface area contributed by atoms with E-state index in [2.05, 4.69) is 13.2 Å². The van der Waals surface area contributed by atoms with Crippen LogP contribution in [0, 0.1) is 25.7 Å². The van der Waals surface area contributed by atoms with Gasteiger partial charge >= 0.3 is 0 Å². The number of benzene rings is 2. The molecule has 0 aliphatic carbocycles. The molecular formula is C39H51N3O6. The molecule has 0 radical (unpaired) electrons. The lowest BCUT2D eigenvalue weighted by Gasteiger charge is -2.37. The van der Waals surface area contributed by atoms with E-state index in [1.165, 1.54) is 0 Å². The molecule has 3 aliphatic heterocycles. The van der Waals surface area contributed by atoms with Crippen LogP contribution in [0.3, 0.4) is 0 Å². The monoisotopic (exact) mass is 657 g/mol. The fourth-order valence-electron chi connectivity index (χ4n) is 8.38. The third-order valence-corrected chi connectivity index (χ3v) is 10.4. The smallest absolute Gasteiger partial charge is 0.253 e. The van der Waals surface area contributed by atoms with Gasteiger partial charge < -0.3 is 29.3 Å². The normalized spacial score (nSPS) is 25.6. The molecule has 258 valence electrons. The third-order valence-electron chi connectivity index (χ3n) is 10.4. The Morgan fingerprint density at radius 3 is 2.25 bits per heavy atom. The fraction of sp³-hybridized carbons (Fsp3) is 0.513. The van der Waals surface area contributed by atoms with Crippen molar-refractivity contribution in [2.45, 2.75) is 83.5 Å². The first-order valence-electron chi connectivity index (χ1n) is 17.3. The number of amides is 3. The topological polar surface area (TPSA) is 99.6 Å². The number of likely N-dealkylation sites (tertiary alicyclic amines) is 1. The van der Waals surface area contributed by atoms with Gasteiger partial charge in [-0.15, -0.1) is 13.2 Å². The summed E-state index contributed by atoms with van der Waals surface area (Å²) in [5.74, 6) is -1.53. The van der Waals surface area contributed by atoms with Crippen LogP contribution in [0.1, 0.15) is 63.5 Å².